The second-order valence-corrected chi connectivity index (χ2v) is 8.60. The number of carbonyl (C=O) groups excluding carboxylic acids is 1. The molecule has 0 unspecified atom stereocenters. The summed E-state index contributed by atoms with van der Waals surface area (Å²) in [5.41, 5.74) is 0.786. The number of hydrogen-bond acceptors (Lipinski definition) is 6. The van der Waals surface area contributed by atoms with E-state index in [-0.39, 0.29) is 22.1 Å². The average molecular weight is 403 g/mol. The van der Waals surface area contributed by atoms with E-state index in [9.17, 15) is 23.3 Å². The fraction of sp³-hybridized carbons (Fsp3) is 0.316. The van der Waals surface area contributed by atoms with E-state index in [0.717, 1.165) is 25.3 Å². The highest BCUT2D eigenvalue weighted by molar-refractivity contribution is 7.89. The number of rotatable bonds is 6. The van der Waals surface area contributed by atoms with Gasteiger partial charge in [-0.1, -0.05) is 18.6 Å². The van der Waals surface area contributed by atoms with Gasteiger partial charge in [0.25, 0.3) is 5.69 Å². The Hall–Kier alpha value is -2.78. The summed E-state index contributed by atoms with van der Waals surface area (Å²) in [7, 11) is -3.77. The Bertz CT molecular complexity index is 1010. The Labute approximate surface area is 163 Å². The van der Waals surface area contributed by atoms with E-state index >= 15 is 0 Å². The molecule has 1 aliphatic rings. The first-order valence-electron chi connectivity index (χ1n) is 8.95. The molecule has 148 valence electrons. The Morgan fingerprint density at radius 1 is 1.11 bits per heavy atom. The zero-order valence-corrected chi connectivity index (χ0v) is 16.2. The van der Waals surface area contributed by atoms with E-state index in [4.69, 9.17) is 0 Å². The number of piperidine rings is 1. The molecule has 0 spiro atoms. The molecule has 2 aromatic rings. The van der Waals surface area contributed by atoms with Gasteiger partial charge in [-0.25, -0.2) is 8.42 Å². The fourth-order valence-electron chi connectivity index (χ4n) is 3.15. The monoisotopic (exact) mass is 403 g/mol. The van der Waals surface area contributed by atoms with E-state index in [0.29, 0.717) is 24.3 Å². The average Bonchev–Trinajstić information content (AvgIpc) is 2.69. The molecule has 8 nitrogen and oxygen atoms in total. The molecule has 2 aromatic carbocycles. The van der Waals surface area contributed by atoms with Gasteiger partial charge < -0.3 is 5.32 Å². The van der Waals surface area contributed by atoms with Crippen molar-refractivity contribution in [1.29, 1.82) is 0 Å². The van der Waals surface area contributed by atoms with Crippen LogP contribution in [0.4, 0.5) is 17.1 Å². The van der Waals surface area contributed by atoms with Crippen molar-refractivity contribution in [3.63, 3.8) is 0 Å². The molecule has 1 aliphatic heterocycles. The predicted octanol–water partition coefficient (Wildman–Crippen LogP) is 3.72. The predicted molar refractivity (Wildman–Crippen MR) is 105 cm³/mol. The molecule has 0 bridgehead atoms. The number of nitrogens with one attached hydrogen (secondary N) is 1. The number of sulfonamides is 1. The Morgan fingerprint density at radius 3 is 2.46 bits per heavy atom. The second-order valence-electron chi connectivity index (χ2n) is 6.66. The first kappa shape index (κ1) is 20.0. The summed E-state index contributed by atoms with van der Waals surface area (Å²) in [5, 5.41) is 14.5. The normalized spacial score (nSPS) is 15.2. The van der Waals surface area contributed by atoms with Gasteiger partial charge in [0.1, 0.15) is 5.69 Å². The quantitative estimate of drug-likeness (QED) is 0.447. The maximum atomic E-state index is 12.8. The second kappa shape index (κ2) is 8.07. The van der Waals surface area contributed by atoms with E-state index in [1.54, 1.807) is 24.3 Å². The van der Waals surface area contributed by atoms with Crippen molar-refractivity contribution in [2.75, 3.05) is 18.4 Å². The molecule has 0 atom stereocenters. The number of Topliss-reactive ketones (excluding diaryl/α,β-unsaturated/α-hetero) is 1. The van der Waals surface area contributed by atoms with Crippen molar-refractivity contribution < 1.29 is 18.1 Å². The first-order valence-corrected chi connectivity index (χ1v) is 10.4. The lowest BCUT2D eigenvalue weighted by molar-refractivity contribution is -0.384. The molecule has 1 saturated heterocycles. The van der Waals surface area contributed by atoms with Crippen LogP contribution in [0.1, 0.15) is 36.5 Å². The summed E-state index contributed by atoms with van der Waals surface area (Å²) >= 11 is 0. The van der Waals surface area contributed by atoms with Gasteiger partial charge in [0.15, 0.2) is 5.78 Å². The molecular weight excluding hydrogens is 382 g/mol. The standard InChI is InChI=1S/C19H21N3O5S/c1-14(23)15-6-5-7-16(12-15)20-18-9-8-17(13-19(18)22(24)25)28(26,27)21-10-3-2-4-11-21/h5-9,12-13,20H,2-4,10-11H2,1H3. The van der Waals surface area contributed by atoms with Crippen molar-refractivity contribution in [2.45, 2.75) is 31.1 Å². The SMILES string of the molecule is CC(=O)c1cccc(Nc2ccc(S(=O)(=O)N3CCCCC3)cc2[N+](=O)[O-])c1. The Morgan fingerprint density at radius 2 is 1.82 bits per heavy atom. The third-order valence-electron chi connectivity index (χ3n) is 4.67. The van der Waals surface area contributed by atoms with Gasteiger partial charge in [-0.2, -0.15) is 4.31 Å². The minimum atomic E-state index is -3.77. The number of hydrogen-bond donors (Lipinski definition) is 1. The molecule has 0 aromatic heterocycles. The molecule has 9 heteroatoms. The first-order chi connectivity index (χ1) is 13.3. The maximum absolute atomic E-state index is 12.8. The lowest BCUT2D eigenvalue weighted by Crippen LogP contribution is -2.35. The van der Waals surface area contributed by atoms with E-state index < -0.39 is 14.9 Å². The lowest BCUT2D eigenvalue weighted by Gasteiger charge is -2.25. The molecule has 0 aliphatic carbocycles. The number of ketones is 1. The highest BCUT2D eigenvalue weighted by Crippen LogP contribution is 2.32. The van der Waals surface area contributed by atoms with Gasteiger partial charge in [0.2, 0.25) is 10.0 Å². The summed E-state index contributed by atoms with van der Waals surface area (Å²) in [4.78, 5) is 22.4. The van der Waals surface area contributed by atoms with Gasteiger partial charge >= 0.3 is 0 Å². The number of nitrogens with zero attached hydrogens (tertiary/aromatic N) is 2. The molecule has 3 rings (SSSR count). The van der Waals surface area contributed by atoms with Crippen molar-refractivity contribution in [3.05, 3.63) is 58.1 Å². The van der Waals surface area contributed by atoms with Crippen LogP contribution in [0, 0.1) is 10.1 Å². The third-order valence-corrected chi connectivity index (χ3v) is 6.56. The molecular formula is C19H21N3O5S. The highest BCUT2D eigenvalue weighted by atomic mass is 32.2. The van der Waals surface area contributed by atoms with Crippen molar-refractivity contribution in [2.24, 2.45) is 0 Å². The maximum Gasteiger partial charge on any atom is 0.294 e. The summed E-state index contributed by atoms with van der Waals surface area (Å²) in [5.74, 6) is -0.124. The van der Waals surface area contributed by atoms with Crippen molar-refractivity contribution in [3.8, 4) is 0 Å². The molecule has 0 saturated carbocycles. The van der Waals surface area contributed by atoms with Gasteiger partial charge in [0, 0.05) is 30.4 Å². The van der Waals surface area contributed by atoms with Crippen LogP contribution in [0.15, 0.2) is 47.4 Å². The van der Waals surface area contributed by atoms with Crippen LogP contribution in [-0.2, 0) is 10.0 Å². The van der Waals surface area contributed by atoms with Crippen LogP contribution in [0.5, 0.6) is 0 Å². The van der Waals surface area contributed by atoms with Gasteiger partial charge in [-0.3, -0.25) is 14.9 Å². The van der Waals surface area contributed by atoms with Gasteiger partial charge in [-0.05, 0) is 44.0 Å². The van der Waals surface area contributed by atoms with E-state index in [2.05, 4.69) is 5.32 Å². The number of nitro benzene ring substituents is 1. The molecule has 0 amide bonds. The van der Waals surface area contributed by atoms with Crippen LogP contribution in [0.3, 0.4) is 0 Å². The largest absolute Gasteiger partial charge is 0.350 e. The molecule has 28 heavy (non-hydrogen) atoms. The van der Waals surface area contributed by atoms with Crippen LogP contribution < -0.4 is 5.32 Å². The molecule has 1 N–H and O–H groups in total. The number of nitro groups is 1. The van der Waals surface area contributed by atoms with E-state index in [1.165, 1.54) is 23.4 Å². The zero-order valence-electron chi connectivity index (χ0n) is 15.4. The number of carbonyl (C=O) groups is 1. The minimum absolute atomic E-state index is 0.0934. The van der Waals surface area contributed by atoms with Gasteiger partial charge in [-0.15, -0.1) is 0 Å². The lowest BCUT2D eigenvalue weighted by atomic mass is 10.1. The van der Waals surface area contributed by atoms with E-state index in [1.807, 2.05) is 0 Å². The smallest absolute Gasteiger partial charge is 0.294 e. The van der Waals surface area contributed by atoms with Gasteiger partial charge in [0.05, 0.1) is 9.82 Å². The topological polar surface area (TPSA) is 110 Å². The number of benzene rings is 2. The highest BCUT2D eigenvalue weighted by Gasteiger charge is 2.28. The van der Waals surface area contributed by atoms with Crippen LogP contribution >= 0.6 is 0 Å². The van der Waals surface area contributed by atoms with Crippen LogP contribution in [0.25, 0.3) is 0 Å². The molecule has 1 heterocycles. The molecule has 0 radical (unpaired) electrons. The summed E-state index contributed by atoms with van der Waals surface area (Å²) in [6, 6.07) is 10.4. The Kier molecular flexibility index (Phi) is 5.76. The van der Waals surface area contributed by atoms with Crippen molar-refractivity contribution >= 4 is 32.9 Å². The zero-order chi connectivity index (χ0) is 20.3. The minimum Gasteiger partial charge on any atom is -0.350 e. The number of anilines is 2. The van der Waals surface area contributed by atoms with Crippen molar-refractivity contribution in [1.82, 2.24) is 4.31 Å². The summed E-state index contributed by atoms with van der Waals surface area (Å²) in [6.45, 7) is 2.28. The third kappa shape index (κ3) is 4.20. The summed E-state index contributed by atoms with van der Waals surface area (Å²) in [6.07, 6.45) is 2.55. The summed E-state index contributed by atoms with van der Waals surface area (Å²) < 4.78 is 27.0. The fourth-order valence-corrected chi connectivity index (χ4v) is 4.69. The van der Waals surface area contributed by atoms with Crippen LogP contribution in [-0.4, -0.2) is 36.5 Å². The molecule has 1 fully saturated rings. The van der Waals surface area contributed by atoms with Crippen LogP contribution in [0.2, 0.25) is 0 Å². The Balaban J connectivity index is 1.95.